The summed E-state index contributed by atoms with van der Waals surface area (Å²) in [7, 11) is 0. The third-order valence-corrected chi connectivity index (χ3v) is 7.24. The van der Waals surface area contributed by atoms with Crippen molar-refractivity contribution in [2.45, 2.75) is 142 Å². The first-order valence-electron chi connectivity index (χ1n) is 14.6. The van der Waals surface area contributed by atoms with Gasteiger partial charge in [0.05, 0.1) is 11.8 Å². The van der Waals surface area contributed by atoms with E-state index in [-0.39, 0.29) is 12.1 Å². The van der Waals surface area contributed by atoms with Gasteiger partial charge in [0.15, 0.2) is 0 Å². The highest BCUT2D eigenvalue weighted by Gasteiger charge is 2.35. The van der Waals surface area contributed by atoms with Crippen LogP contribution in [-0.2, 0) is 19.1 Å². The van der Waals surface area contributed by atoms with E-state index in [0.29, 0.717) is 18.8 Å². The molecule has 1 rings (SSSR count). The smallest absolute Gasteiger partial charge is 0.330 e. The molecule has 1 aliphatic rings. The predicted octanol–water partition coefficient (Wildman–Crippen LogP) is 8.18. The molecule has 4 unspecified atom stereocenters. The van der Waals surface area contributed by atoms with Crippen LogP contribution in [0.15, 0.2) is 12.7 Å². The van der Waals surface area contributed by atoms with Crippen molar-refractivity contribution in [1.82, 2.24) is 0 Å². The Bertz CT molecular complexity index is 580. The van der Waals surface area contributed by atoms with E-state index in [4.69, 9.17) is 14.9 Å². The zero-order chi connectivity index (χ0) is 27.2. The summed E-state index contributed by atoms with van der Waals surface area (Å²) in [6.07, 6.45) is 21.5. The highest BCUT2D eigenvalue weighted by molar-refractivity contribution is 5.81. The molecule has 0 aliphatic heterocycles. The van der Waals surface area contributed by atoms with E-state index in [9.17, 15) is 14.4 Å². The number of hydrogen-bond donors (Lipinski definition) is 2. The number of carbonyl (C=O) groups excluding carboxylic acids is 1. The Morgan fingerprint density at radius 2 is 1.28 bits per heavy atom. The van der Waals surface area contributed by atoms with E-state index in [1.54, 1.807) is 0 Å². The van der Waals surface area contributed by atoms with Crippen LogP contribution in [0.3, 0.4) is 0 Å². The number of carbonyl (C=O) groups is 3. The highest BCUT2D eigenvalue weighted by atomic mass is 16.5. The van der Waals surface area contributed by atoms with Gasteiger partial charge in [-0.1, -0.05) is 111 Å². The topological polar surface area (TPSA) is 101 Å². The molecule has 0 saturated heterocycles. The summed E-state index contributed by atoms with van der Waals surface area (Å²) in [4.78, 5) is 32.9. The number of ether oxygens (including phenoxy) is 1. The molecule has 1 saturated carbocycles. The lowest BCUT2D eigenvalue weighted by molar-refractivity contribution is -0.155. The van der Waals surface area contributed by atoms with Gasteiger partial charge < -0.3 is 14.9 Å². The lowest BCUT2D eigenvalue weighted by atomic mass is 9.79. The third kappa shape index (κ3) is 16.8. The maximum atomic E-state index is 11.7. The van der Waals surface area contributed by atoms with Gasteiger partial charge in [0.1, 0.15) is 6.10 Å². The summed E-state index contributed by atoms with van der Waals surface area (Å²) in [6, 6.07) is 0. The van der Waals surface area contributed by atoms with Gasteiger partial charge in [-0.25, -0.2) is 4.79 Å². The molecule has 4 atom stereocenters. The molecular formula is C30H54O6. The minimum absolute atomic E-state index is 0.0832. The van der Waals surface area contributed by atoms with Crippen molar-refractivity contribution < 1.29 is 29.3 Å². The number of hydrogen-bond acceptors (Lipinski definition) is 4. The summed E-state index contributed by atoms with van der Waals surface area (Å²) in [5.41, 5.74) is 0. The van der Waals surface area contributed by atoms with Crippen molar-refractivity contribution in [2.75, 3.05) is 0 Å². The Morgan fingerprint density at radius 1 is 0.778 bits per heavy atom. The fourth-order valence-electron chi connectivity index (χ4n) is 5.15. The number of aliphatic carboxylic acids is 2. The van der Waals surface area contributed by atoms with E-state index < -0.39 is 23.8 Å². The molecule has 0 aromatic heterocycles. The summed E-state index contributed by atoms with van der Waals surface area (Å²) in [5.74, 6) is -2.84. The number of rotatable bonds is 19. The van der Waals surface area contributed by atoms with Crippen LogP contribution in [-0.4, -0.2) is 34.2 Å². The molecule has 1 fully saturated rings. The fraction of sp³-hybridized carbons (Fsp3) is 0.833. The van der Waals surface area contributed by atoms with Crippen LogP contribution in [0.5, 0.6) is 0 Å². The van der Waals surface area contributed by atoms with Crippen LogP contribution in [0, 0.1) is 17.8 Å². The number of carboxylic acids is 2. The second-order valence-electron chi connectivity index (χ2n) is 10.4. The standard InChI is InChI=1S/C22H42O2.C8H12O4/c1-5-9-11-12-13-15-18-21(24-22(23)8-4)19-20(16-7-3)17-14-10-6-2;9-7(10)5-3-1-2-4-6(5)8(11)12/h8,20-21H,4-7,9-19H2,1-3H3;5-6H,1-4H2,(H,9,10)(H,11,12). The number of carboxylic acid groups (broad SMARTS) is 2. The first kappa shape index (κ1) is 34.1. The zero-order valence-corrected chi connectivity index (χ0v) is 23.3. The molecule has 0 heterocycles. The Labute approximate surface area is 220 Å². The van der Waals surface area contributed by atoms with Crippen LogP contribution in [0.1, 0.15) is 136 Å². The second kappa shape index (κ2) is 22.4. The first-order chi connectivity index (χ1) is 17.3. The highest BCUT2D eigenvalue weighted by Crippen LogP contribution is 2.30. The molecule has 0 radical (unpaired) electrons. The van der Waals surface area contributed by atoms with Gasteiger partial charge in [-0.15, -0.1) is 0 Å². The lowest BCUT2D eigenvalue weighted by Crippen LogP contribution is -2.32. The Hall–Kier alpha value is -1.85. The number of unbranched alkanes of at least 4 members (excludes halogenated alkanes) is 7. The summed E-state index contributed by atoms with van der Waals surface area (Å²) in [6.45, 7) is 10.3. The molecule has 2 N–H and O–H groups in total. The minimum Gasteiger partial charge on any atom is -0.481 e. The summed E-state index contributed by atoms with van der Waals surface area (Å²) in [5, 5.41) is 17.4. The SMILES string of the molecule is C=CC(=O)OC(CCCCCCCC)CC(CCC)CCCCC.O=C(O)C1CCCCC1C(=O)O. The average Bonchev–Trinajstić information content (AvgIpc) is 2.86. The minimum atomic E-state index is -0.970. The molecule has 0 bridgehead atoms. The van der Waals surface area contributed by atoms with Crippen molar-refractivity contribution in [2.24, 2.45) is 17.8 Å². The molecule has 6 nitrogen and oxygen atoms in total. The Kier molecular flexibility index (Phi) is 21.2. The van der Waals surface area contributed by atoms with Crippen molar-refractivity contribution >= 4 is 17.9 Å². The molecule has 0 amide bonds. The van der Waals surface area contributed by atoms with E-state index >= 15 is 0 Å². The first-order valence-corrected chi connectivity index (χ1v) is 14.6. The third-order valence-electron chi connectivity index (χ3n) is 7.24. The van der Waals surface area contributed by atoms with Crippen LogP contribution in [0.4, 0.5) is 0 Å². The molecule has 210 valence electrons. The fourth-order valence-corrected chi connectivity index (χ4v) is 5.15. The monoisotopic (exact) mass is 510 g/mol. The van der Waals surface area contributed by atoms with Crippen LogP contribution >= 0.6 is 0 Å². The van der Waals surface area contributed by atoms with Crippen LogP contribution in [0.2, 0.25) is 0 Å². The molecule has 0 aromatic rings. The molecule has 6 heteroatoms. The molecule has 36 heavy (non-hydrogen) atoms. The van der Waals surface area contributed by atoms with Gasteiger partial charge in [-0.05, 0) is 38.0 Å². The van der Waals surface area contributed by atoms with Gasteiger partial charge in [0, 0.05) is 6.08 Å². The van der Waals surface area contributed by atoms with E-state index in [1.807, 2.05) is 0 Å². The van der Waals surface area contributed by atoms with Gasteiger partial charge >= 0.3 is 17.9 Å². The lowest BCUT2D eigenvalue weighted by Gasteiger charge is -2.24. The Morgan fingerprint density at radius 3 is 1.78 bits per heavy atom. The van der Waals surface area contributed by atoms with Crippen molar-refractivity contribution in [3.63, 3.8) is 0 Å². The van der Waals surface area contributed by atoms with E-state index in [2.05, 4.69) is 27.4 Å². The van der Waals surface area contributed by atoms with Gasteiger partial charge in [0.2, 0.25) is 0 Å². The maximum Gasteiger partial charge on any atom is 0.330 e. The molecular weight excluding hydrogens is 456 g/mol. The maximum absolute atomic E-state index is 11.7. The van der Waals surface area contributed by atoms with E-state index in [1.165, 1.54) is 83.1 Å². The molecule has 0 spiro atoms. The molecule has 0 aromatic carbocycles. The van der Waals surface area contributed by atoms with Crippen molar-refractivity contribution in [1.29, 1.82) is 0 Å². The normalized spacial score (nSPS) is 18.9. The van der Waals surface area contributed by atoms with Gasteiger partial charge in [-0.2, -0.15) is 0 Å². The van der Waals surface area contributed by atoms with Gasteiger partial charge in [-0.3, -0.25) is 9.59 Å². The number of esters is 1. The second-order valence-corrected chi connectivity index (χ2v) is 10.4. The predicted molar refractivity (Wildman–Crippen MR) is 146 cm³/mol. The zero-order valence-electron chi connectivity index (χ0n) is 23.3. The van der Waals surface area contributed by atoms with Gasteiger partial charge in [0.25, 0.3) is 0 Å². The van der Waals surface area contributed by atoms with E-state index in [0.717, 1.165) is 25.7 Å². The molecule has 1 aliphatic carbocycles. The quantitative estimate of drug-likeness (QED) is 0.103. The summed E-state index contributed by atoms with van der Waals surface area (Å²) >= 11 is 0. The largest absolute Gasteiger partial charge is 0.481 e. The van der Waals surface area contributed by atoms with Crippen LogP contribution in [0.25, 0.3) is 0 Å². The summed E-state index contributed by atoms with van der Waals surface area (Å²) < 4.78 is 5.65. The van der Waals surface area contributed by atoms with Crippen molar-refractivity contribution in [3.05, 3.63) is 12.7 Å². The van der Waals surface area contributed by atoms with Crippen molar-refractivity contribution in [3.8, 4) is 0 Å². The Balaban J connectivity index is 0.000000846. The van der Waals surface area contributed by atoms with Crippen LogP contribution < -0.4 is 0 Å². The average molecular weight is 511 g/mol.